The SMILES string of the molecule is CCn1ccnc1CC(O)c1ncc(C)cc1C. The molecule has 0 aliphatic heterocycles. The summed E-state index contributed by atoms with van der Waals surface area (Å²) < 4.78 is 2.03. The van der Waals surface area contributed by atoms with Crippen molar-refractivity contribution in [3.63, 3.8) is 0 Å². The van der Waals surface area contributed by atoms with E-state index in [1.165, 1.54) is 0 Å². The van der Waals surface area contributed by atoms with E-state index in [1.54, 1.807) is 12.4 Å². The summed E-state index contributed by atoms with van der Waals surface area (Å²) in [6.45, 7) is 6.90. The second kappa shape index (κ2) is 5.31. The maximum Gasteiger partial charge on any atom is 0.111 e. The van der Waals surface area contributed by atoms with Crippen molar-refractivity contribution in [3.8, 4) is 0 Å². The maximum atomic E-state index is 10.3. The number of aromatic nitrogens is 3. The highest BCUT2D eigenvalue weighted by Crippen LogP contribution is 2.19. The van der Waals surface area contributed by atoms with E-state index in [0.717, 1.165) is 29.2 Å². The Morgan fingerprint density at radius 3 is 2.78 bits per heavy atom. The van der Waals surface area contributed by atoms with E-state index in [4.69, 9.17) is 0 Å². The van der Waals surface area contributed by atoms with Crippen LogP contribution in [0.3, 0.4) is 0 Å². The molecule has 0 aliphatic rings. The minimum atomic E-state index is -0.599. The molecule has 96 valence electrons. The Balaban J connectivity index is 2.19. The van der Waals surface area contributed by atoms with Gasteiger partial charge >= 0.3 is 0 Å². The van der Waals surface area contributed by atoms with E-state index in [2.05, 4.69) is 16.9 Å². The predicted octanol–water partition coefficient (Wildman–Crippen LogP) is 2.19. The standard InChI is InChI=1S/C14H19N3O/c1-4-17-6-5-15-13(17)8-12(18)14-11(3)7-10(2)9-16-14/h5-7,9,12,18H,4,8H2,1-3H3. The lowest BCUT2D eigenvalue weighted by atomic mass is 10.1. The van der Waals surface area contributed by atoms with Crippen LogP contribution in [0.2, 0.25) is 0 Å². The van der Waals surface area contributed by atoms with E-state index in [-0.39, 0.29) is 0 Å². The van der Waals surface area contributed by atoms with Gasteiger partial charge in [0.1, 0.15) is 11.9 Å². The number of hydrogen-bond acceptors (Lipinski definition) is 3. The van der Waals surface area contributed by atoms with Crippen LogP contribution in [-0.4, -0.2) is 19.6 Å². The summed E-state index contributed by atoms with van der Waals surface area (Å²) in [5.41, 5.74) is 2.88. The van der Waals surface area contributed by atoms with Gasteiger partial charge in [-0.05, 0) is 31.9 Å². The first kappa shape index (κ1) is 12.8. The Labute approximate surface area is 107 Å². The van der Waals surface area contributed by atoms with Gasteiger partial charge < -0.3 is 9.67 Å². The predicted molar refractivity (Wildman–Crippen MR) is 70.3 cm³/mol. The van der Waals surface area contributed by atoms with Crippen LogP contribution in [0.4, 0.5) is 0 Å². The van der Waals surface area contributed by atoms with Crippen molar-refractivity contribution in [1.82, 2.24) is 14.5 Å². The van der Waals surface area contributed by atoms with Gasteiger partial charge in [0.25, 0.3) is 0 Å². The monoisotopic (exact) mass is 245 g/mol. The molecule has 1 unspecified atom stereocenters. The number of aliphatic hydroxyl groups is 1. The lowest BCUT2D eigenvalue weighted by molar-refractivity contribution is 0.169. The highest BCUT2D eigenvalue weighted by Gasteiger charge is 2.15. The average Bonchev–Trinajstić information content (AvgIpc) is 2.76. The van der Waals surface area contributed by atoms with Crippen LogP contribution in [0.1, 0.15) is 35.7 Å². The zero-order chi connectivity index (χ0) is 13.1. The zero-order valence-corrected chi connectivity index (χ0v) is 11.1. The molecule has 4 nitrogen and oxygen atoms in total. The second-order valence-electron chi connectivity index (χ2n) is 4.56. The Hall–Kier alpha value is -1.68. The highest BCUT2D eigenvalue weighted by molar-refractivity contribution is 5.25. The lowest BCUT2D eigenvalue weighted by Gasteiger charge is -2.13. The number of hydrogen-bond donors (Lipinski definition) is 1. The highest BCUT2D eigenvalue weighted by atomic mass is 16.3. The minimum Gasteiger partial charge on any atom is -0.386 e. The van der Waals surface area contributed by atoms with Gasteiger partial charge in [0, 0.05) is 31.6 Å². The summed E-state index contributed by atoms with van der Waals surface area (Å²) in [5, 5.41) is 10.3. The lowest BCUT2D eigenvalue weighted by Crippen LogP contribution is -2.11. The van der Waals surface area contributed by atoms with Crippen molar-refractivity contribution in [1.29, 1.82) is 0 Å². The van der Waals surface area contributed by atoms with Gasteiger partial charge in [-0.1, -0.05) is 6.07 Å². The van der Waals surface area contributed by atoms with Crippen molar-refractivity contribution in [3.05, 3.63) is 47.3 Å². The Morgan fingerprint density at radius 1 is 1.33 bits per heavy atom. The Morgan fingerprint density at radius 2 is 2.11 bits per heavy atom. The van der Waals surface area contributed by atoms with E-state index in [9.17, 15) is 5.11 Å². The number of imidazole rings is 1. The van der Waals surface area contributed by atoms with Gasteiger partial charge in [0.2, 0.25) is 0 Å². The first-order valence-corrected chi connectivity index (χ1v) is 6.23. The molecule has 0 aromatic carbocycles. The Kier molecular flexibility index (Phi) is 3.77. The van der Waals surface area contributed by atoms with Crippen molar-refractivity contribution >= 4 is 0 Å². The van der Waals surface area contributed by atoms with Crippen LogP contribution in [0.25, 0.3) is 0 Å². The first-order valence-electron chi connectivity index (χ1n) is 6.23. The number of nitrogens with zero attached hydrogens (tertiary/aromatic N) is 3. The van der Waals surface area contributed by atoms with Gasteiger partial charge in [-0.25, -0.2) is 4.98 Å². The van der Waals surface area contributed by atoms with Crippen LogP contribution >= 0.6 is 0 Å². The van der Waals surface area contributed by atoms with Crippen molar-refractivity contribution in [2.45, 2.75) is 39.8 Å². The average molecular weight is 245 g/mol. The summed E-state index contributed by atoms with van der Waals surface area (Å²) in [4.78, 5) is 8.60. The van der Waals surface area contributed by atoms with Gasteiger partial charge in [0.15, 0.2) is 0 Å². The molecule has 0 saturated heterocycles. The van der Waals surface area contributed by atoms with Crippen molar-refractivity contribution < 1.29 is 5.11 Å². The second-order valence-corrected chi connectivity index (χ2v) is 4.56. The fraction of sp³-hybridized carbons (Fsp3) is 0.429. The topological polar surface area (TPSA) is 50.9 Å². The van der Waals surface area contributed by atoms with E-state index < -0.39 is 6.10 Å². The first-order chi connectivity index (χ1) is 8.61. The van der Waals surface area contributed by atoms with Crippen LogP contribution in [0.5, 0.6) is 0 Å². The molecule has 18 heavy (non-hydrogen) atoms. The van der Waals surface area contributed by atoms with Crippen molar-refractivity contribution in [2.24, 2.45) is 0 Å². The largest absolute Gasteiger partial charge is 0.386 e. The molecule has 0 radical (unpaired) electrons. The Bertz CT molecular complexity index is 534. The number of rotatable bonds is 4. The normalized spacial score (nSPS) is 12.7. The van der Waals surface area contributed by atoms with Crippen LogP contribution in [-0.2, 0) is 13.0 Å². The molecule has 4 heteroatoms. The van der Waals surface area contributed by atoms with Crippen LogP contribution in [0, 0.1) is 13.8 Å². The number of aliphatic hydroxyl groups excluding tert-OH is 1. The van der Waals surface area contributed by atoms with Gasteiger partial charge in [-0.15, -0.1) is 0 Å². The summed E-state index contributed by atoms with van der Waals surface area (Å²) in [6.07, 6.45) is 5.38. The van der Waals surface area contributed by atoms with Crippen LogP contribution in [0.15, 0.2) is 24.7 Å². The summed E-state index contributed by atoms with van der Waals surface area (Å²) in [7, 11) is 0. The van der Waals surface area contributed by atoms with Gasteiger partial charge in [-0.2, -0.15) is 0 Å². The molecular formula is C14H19N3O. The molecule has 1 N–H and O–H groups in total. The molecule has 2 aromatic heterocycles. The molecule has 0 fully saturated rings. The molecule has 0 spiro atoms. The maximum absolute atomic E-state index is 10.3. The minimum absolute atomic E-state index is 0.498. The van der Waals surface area contributed by atoms with E-state index in [0.29, 0.717) is 6.42 Å². The fourth-order valence-corrected chi connectivity index (χ4v) is 2.16. The zero-order valence-electron chi connectivity index (χ0n) is 11.1. The van der Waals surface area contributed by atoms with Crippen molar-refractivity contribution in [2.75, 3.05) is 0 Å². The van der Waals surface area contributed by atoms with Gasteiger partial charge in [0.05, 0.1) is 5.69 Å². The van der Waals surface area contributed by atoms with Crippen LogP contribution < -0.4 is 0 Å². The third kappa shape index (κ3) is 2.59. The molecular weight excluding hydrogens is 226 g/mol. The molecule has 2 aromatic rings. The molecule has 1 atom stereocenters. The van der Waals surface area contributed by atoms with E-state index >= 15 is 0 Å². The smallest absolute Gasteiger partial charge is 0.111 e. The van der Waals surface area contributed by atoms with E-state index in [1.807, 2.05) is 30.7 Å². The number of aryl methyl sites for hydroxylation is 3. The molecule has 2 rings (SSSR count). The fourth-order valence-electron chi connectivity index (χ4n) is 2.16. The molecule has 0 saturated carbocycles. The quantitative estimate of drug-likeness (QED) is 0.898. The molecule has 2 heterocycles. The van der Waals surface area contributed by atoms with Gasteiger partial charge in [-0.3, -0.25) is 4.98 Å². The molecule has 0 amide bonds. The summed E-state index contributed by atoms with van der Waals surface area (Å²) in [6, 6.07) is 2.04. The number of pyridine rings is 1. The molecule has 0 bridgehead atoms. The summed E-state index contributed by atoms with van der Waals surface area (Å²) in [5.74, 6) is 0.895. The molecule has 0 aliphatic carbocycles. The third-order valence-electron chi connectivity index (χ3n) is 3.09. The third-order valence-corrected chi connectivity index (χ3v) is 3.09. The summed E-state index contributed by atoms with van der Waals surface area (Å²) >= 11 is 0.